The van der Waals surface area contributed by atoms with E-state index in [1.807, 2.05) is 0 Å². The summed E-state index contributed by atoms with van der Waals surface area (Å²) in [5, 5.41) is 0. The van der Waals surface area contributed by atoms with Gasteiger partial charge in [0, 0.05) is 22.5 Å². The minimum atomic E-state index is -0.391. The van der Waals surface area contributed by atoms with Crippen LogP contribution in [0.5, 0.6) is 0 Å². The standard InChI is InChI=1S/C58H43N/c1-57(2)51-25-12-9-22-45(51)48-32-29-44(37-55(48)57)59(42-21-15-20-40(34-42)38-16-5-3-6-17-38)43-30-33-54-50(36-43)47-24-11-14-27-53(47)58(54)52-26-13-10-23-46(52)49-31-28-41(35-56(49)58)39-18-7-4-8-19-39/h3-27,29-30,32-37H,28,31H2,1-2H3. The first kappa shape index (κ1) is 34.1. The minimum absolute atomic E-state index is 0.115. The van der Waals surface area contributed by atoms with Gasteiger partial charge in [-0.3, -0.25) is 0 Å². The predicted molar refractivity (Wildman–Crippen MR) is 246 cm³/mol. The molecule has 59 heavy (non-hydrogen) atoms. The smallest absolute Gasteiger partial charge is 0.0722 e. The average Bonchev–Trinajstić information content (AvgIpc) is 3.85. The molecule has 1 unspecified atom stereocenters. The fraction of sp³-hybridized carbons (Fsp3) is 0.103. The molecule has 8 aromatic rings. The maximum Gasteiger partial charge on any atom is 0.0722 e. The lowest BCUT2D eigenvalue weighted by Crippen LogP contribution is -2.27. The lowest BCUT2D eigenvalue weighted by atomic mass is 9.68. The van der Waals surface area contributed by atoms with Crippen LogP contribution >= 0.6 is 0 Å². The molecule has 12 rings (SSSR count). The van der Waals surface area contributed by atoms with Gasteiger partial charge in [-0.15, -0.1) is 0 Å². The quantitative estimate of drug-likeness (QED) is 0.169. The van der Waals surface area contributed by atoms with Crippen LogP contribution in [0.15, 0.2) is 206 Å². The molecule has 4 aliphatic carbocycles. The van der Waals surface area contributed by atoms with Crippen LogP contribution < -0.4 is 4.90 Å². The molecule has 8 aromatic carbocycles. The summed E-state index contributed by atoms with van der Waals surface area (Å²) in [4.78, 5) is 2.49. The normalized spacial score (nSPS) is 17.4. The number of anilines is 3. The van der Waals surface area contributed by atoms with Gasteiger partial charge < -0.3 is 4.90 Å². The van der Waals surface area contributed by atoms with Crippen LogP contribution in [-0.4, -0.2) is 0 Å². The molecule has 0 amide bonds. The molecule has 0 saturated heterocycles. The number of fused-ring (bicyclic) bond motifs is 12. The third kappa shape index (κ3) is 4.85. The first-order valence-electron chi connectivity index (χ1n) is 21.1. The molecule has 0 saturated carbocycles. The number of benzene rings is 8. The van der Waals surface area contributed by atoms with Crippen molar-refractivity contribution in [2.24, 2.45) is 0 Å². The summed E-state index contributed by atoms with van der Waals surface area (Å²) in [5.41, 5.74) is 24.6. The molecule has 0 bridgehead atoms. The van der Waals surface area contributed by atoms with Gasteiger partial charge in [0.25, 0.3) is 0 Å². The molecular formula is C58H43N. The summed E-state index contributed by atoms with van der Waals surface area (Å²) in [5.74, 6) is 0. The van der Waals surface area contributed by atoms with E-state index < -0.39 is 5.41 Å². The van der Waals surface area contributed by atoms with Gasteiger partial charge in [0.15, 0.2) is 0 Å². The summed E-state index contributed by atoms with van der Waals surface area (Å²) >= 11 is 0. The SMILES string of the molecule is CC1(C)c2ccccc2-c2ccc(N(c3cccc(-c4ccccc4)c3)c3ccc4c(c3)-c3ccccc3C43C4=C(CCC(c5ccccc5)=C4)c4ccccc43)cc21. The van der Waals surface area contributed by atoms with E-state index in [0.717, 1.165) is 29.9 Å². The van der Waals surface area contributed by atoms with Gasteiger partial charge in [-0.2, -0.15) is 0 Å². The van der Waals surface area contributed by atoms with Crippen molar-refractivity contribution in [1.82, 2.24) is 0 Å². The molecule has 1 spiro atoms. The summed E-state index contributed by atoms with van der Waals surface area (Å²) < 4.78 is 0. The Morgan fingerprint density at radius 1 is 0.373 bits per heavy atom. The number of allylic oxidation sites excluding steroid dienone is 4. The molecule has 0 radical (unpaired) electrons. The fourth-order valence-corrected chi connectivity index (χ4v) is 11.2. The Hall–Kier alpha value is -6.96. The predicted octanol–water partition coefficient (Wildman–Crippen LogP) is 15.1. The molecule has 280 valence electrons. The summed E-state index contributed by atoms with van der Waals surface area (Å²) in [6.07, 6.45) is 4.63. The van der Waals surface area contributed by atoms with Gasteiger partial charge in [0.05, 0.1) is 5.41 Å². The number of nitrogens with zero attached hydrogens (tertiary/aromatic N) is 1. The highest BCUT2D eigenvalue weighted by atomic mass is 15.1. The maximum atomic E-state index is 2.56. The Balaban J connectivity index is 1.08. The molecule has 0 fully saturated rings. The maximum absolute atomic E-state index is 2.56. The second-order valence-electron chi connectivity index (χ2n) is 17.2. The molecule has 0 N–H and O–H groups in total. The van der Waals surface area contributed by atoms with Crippen molar-refractivity contribution in [3.8, 4) is 33.4 Å². The third-order valence-electron chi connectivity index (χ3n) is 13.8. The van der Waals surface area contributed by atoms with Crippen LogP contribution in [0.3, 0.4) is 0 Å². The van der Waals surface area contributed by atoms with Crippen molar-refractivity contribution in [1.29, 1.82) is 0 Å². The van der Waals surface area contributed by atoms with Crippen LogP contribution in [0.2, 0.25) is 0 Å². The number of hydrogen-bond acceptors (Lipinski definition) is 1. The molecule has 1 atom stereocenters. The fourth-order valence-electron chi connectivity index (χ4n) is 11.2. The van der Waals surface area contributed by atoms with Crippen LogP contribution in [0.1, 0.15) is 65.6 Å². The van der Waals surface area contributed by atoms with E-state index in [2.05, 4.69) is 219 Å². The number of hydrogen-bond donors (Lipinski definition) is 0. The lowest BCUT2D eigenvalue weighted by molar-refractivity contribution is 0.660. The Labute approximate surface area is 347 Å². The van der Waals surface area contributed by atoms with Crippen LogP contribution in [0, 0.1) is 0 Å². The van der Waals surface area contributed by atoms with E-state index in [4.69, 9.17) is 0 Å². The molecule has 0 aromatic heterocycles. The van der Waals surface area contributed by atoms with E-state index in [1.165, 1.54) is 89.0 Å². The van der Waals surface area contributed by atoms with Crippen molar-refractivity contribution >= 4 is 28.2 Å². The Morgan fingerprint density at radius 2 is 0.915 bits per heavy atom. The zero-order chi connectivity index (χ0) is 39.3. The van der Waals surface area contributed by atoms with E-state index in [1.54, 1.807) is 0 Å². The highest BCUT2D eigenvalue weighted by molar-refractivity contribution is 5.99. The highest BCUT2D eigenvalue weighted by Crippen LogP contribution is 2.64. The molecule has 1 heteroatoms. The van der Waals surface area contributed by atoms with Crippen LogP contribution in [-0.2, 0) is 10.8 Å². The van der Waals surface area contributed by atoms with E-state index in [9.17, 15) is 0 Å². The van der Waals surface area contributed by atoms with Crippen LogP contribution in [0.25, 0.3) is 44.5 Å². The van der Waals surface area contributed by atoms with Crippen molar-refractivity contribution < 1.29 is 0 Å². The molecule has 0 heterocycles. The van der Waals surface area contributed by atoms with Gasteiger partial charge >= 0.3 is 0 Å². The second kappa shape index (κ2) is 12.8. The zero-order valence-electron chi connectivity index (χ0n) is 33.4. The Kier molecular flexibility index (Phi) is 7.38. The van der Waals surface area contributed by atoms with Gasteiger partial charge in [-0.05, 0) is 138 Å². The lowest BCUT2D eigenvalue weighted by Gasteiger charge is -2.33. The van der Waals surface area contributed by atoms with E-state index >= 15 is 0 Å². The summed E-state index contributed by atoms with van der Waals surface area (Å²) in [6, 6.07) is 72.7. The Morgan fingerprint density at radius 3 is 1.68 bits per heavy atom. The summed E-state index contributed by atoms with van der Waals surface area (Å²) in [7, 11) is 0. The minimum Gasteiger partial charge on any atom is -0.310 e. The monoisotopic (exact) mass is 753 g/mol. The second-order valence-corrected chi connectivity index (χ2v) is 17.2. The first-order valence-corrected chi connectivity index (χ1v) is 21.1. The van der Waals surface area contributed by atoms with Gasteiger partial charge in [-0.1, -0.05) is 178 Å². The van der Waals surface area contributed by atoms with Gasteiger partial charge in [-0.25, -0.2) is 0 Å². The van der Waals surface area contributed by atoms with Crippen molar-refractivity contribution in [2.45, 2.75) is 37.5 Å². The average molecular weight is 754 g/mol. The topological polar surface area (TPSA) is 3.24 Å². The third-order valence-corrected chi connectivity index (χ3v) is 13.8. The molecule has 4 aliphatic rings. The summed E-state index contributed by atoms with van der Waals surface area (Å²) in [6.45, 7) is 4.75. The van der Waals surface area contributed by atoms with Crippen molar-refractivity contribution in [2.75, 3.05) is 4.90 Å². The van der Waals surface area contributed by atoms with Crippen molar-refractivity contribution in [3.63, 3.8) is 0 Å². The number of rotatable bonds is 5. The molecular weight excluding hydrogens is 711 g/mol. The highest BCUT2D eigenvalue weighted by Gasteiger charge is 2.53. The van der Waals surface area contributed by atoms with Crippen LogP contribution in [0.4, 0.5) is 17.1 Å². The van der Waals surface area contributed by atoms with Crippen molar-refractivity contribution in [3.05, 3.63) is 245 Å². The molecule has 0 aliphatic heterocycles. The van der Waals surface area contributed by atoms with E-state index in [-0.39, 0.29) is 5.41 Å². The van der Waals surface area contributed by atoms with Gasteiger partial charge in [0.2, 0.25) is 0 Å². The largest absolute Gasteiger partial charge is 0.310 e. The van der Waals surface area contributed by atoms with E-state index in [0.29, 0.717) is 0 Å². The zero-order valence-corrected chi connectivity index (χ0v) is 33.4. The molecule has 1 nitrogen and oxygen atoms in total. The Bertz CT molecular complexity index is 3070. The first-order chi connectivity index (χ1) is 29.0. The van der Waals surface area contributed by atoms with Gasteiger partial charge in [0.1, 0.15) is 0 Å².